The highest BCUT2D eigenvalue weighted by Gasteiger charge is 2.02. The molecule has 0 aliphatic carbocycles. The fourth-order valence-corrected chi connectivity index (χ4v) is 0.600. The van der Waals surface area contributed by atoms with Crippen LogP contribution in [0.3, 0.4) is 0 Å². The zero-order chi connectivity index (χ0) is 10.3. The van der Waals surface area contributed by atoms with Crippen LogP contribution in [0.25, 0.3) is 0 Å². The van der Waals surface area contributed by atoms with Gasteiger partial charge < -0.3 is 14.6 Å². The topological polar surface area (TPSA) is 55.8 Å². The zero-order valence-electron chi connectivity index (χ0n) is 8.08. The first-order chi connectivity index (χ1) is 6.04. The third kappa shape index (κ3) is 7.49. The summed E-state index contributed by atoms with van der Waals surface area (Å²) in [6, 6.07) is 0. The van der Waals surface area contributed by atoms with Crippen molar-refractivity contribution in [3.8, 4) is 0 Å². The molecule has 76 valence electrons. The molecule has 0 saturated carbocycles. The van der Waals surface area contributed by atoms with Gasteiger partial charge in [-0.3, -0.25) is 0 Å². The Balaban J connectivity index is 3.26. The molecule has 0 heterocycles. The van der Waals surface area contributed by atoms with E-state index < -0.39 is 5.97 Å². The normalized spacial score (nSPS) is 10.4. The van der Waals surface area contributed by atoms with Gasteiger partial charge in [0.1, 0.15) is 0 Å². The van der Waals surface area contributed by atoms with Crippen LogP contribution in [0.1, 0.15) is 13.8 Å². The second kappa shape index (κ2) is 6.62. The van der Waals surface area contributed by atoms with Crippen LogP contribution < -0.4 is 0 Å². The van der Waals surface area contributed by atoms with E-state index in [0.717, 1.165) is 0 Å². The van der Waals surface area contributed by atoms with Gasteiger partial charge in [-0.25, -0.2) is 4.79 Å². The summed E-state index contributed by atoms with van der Waals surface area (Å²) in [5, 5.41) is 8.42. The molecule has 0 aromatic rings. The van der Waals surface area contributed by atoms with Gasteiger partial charge in [-0.05, 0) is 13.8 Å². The second-order valence-corrected chi connectivity index (χ2v) is 2.88. The third-order valence-electron chi connectivity index (χ3n) is 1.26. The Morgan fingerprint density at radius 2 is 2.08 bits per heavy atom. The first kappa shape index (κ1) is 12.1. The number of rotatable bonds is 7. The molecule has 0 rings (SSSR count). The predicted molar refractivity (Wildman–Crippen MR) is 48.7 cm³/mol. The molecule has 4 nitrogen and oxygen atoms in total. The van der Waals surface area contributed by atoms with Gasteiger partial charge in [-0.2, -0.15) is 0 Å². The van der Waals surface area contributed by atoms with Gasteiger partial charge in [-0.15, -0.1) is 0 Å². The number of carboxylic acids is 1. The molecule has 0 unspecified atom stereocenters. The fourth-order valence-electron chi connectivity index (χ4n) is 0.600. The maximum atomic E-state index is 10.3. The predicted octanol–water partition coefficient (Wildman–Crippen LogP) is 1.07. The Labute approximate surface area is 78.2 Å². The quantitative estimate of drug-likeness (QED) is 0.479. The SMILES string of the molecule is C=C(COCCOC(C)C)C(=O)O. The molecular formula is C9H16O4. The van der Waals surface area contributed by atoms with E-state index in [1.54, 1.807) is 0 Å². The summed E-state index contributed by atoms with van der Waals surface area (Å²) in [7, 11) is 0. The van der Waals surface area contributed by atoms with Crippen LogP contribution in [-0.2, 0) is 14.3 Å². The molecule has 13 heavy (non-hydrogen) atoms. The van der Waals surface area contributed by atoms with Crippen molar-refractivity contribution in [2.75, 3.05) is 19.8 Å². The van der Waals surface area contributed by atoms with Crippen LogP contribution in [0.5, 0.6) is 0 Å². The van der Waals surface area contributed by atoms with E-state index in [1.807, 2.05) is 13.8 Å². The molecule has 0 aromatic carbocycles. The summed E-state index contributed by atoms with van der Waals surface area (Å²) in [6.07, 6.45) is 0.172. The number of carbonyl (C=O) groups is 1. The van der Waals surface area contributed by atoms with E-state index in [0.29, 0.717) is 13.2 Å². The lowest BCUT2D eigenvalue weighted by Crippen LogP contribution is -2.12. The van der Waals surface area contributed by atoms with Gasteiger partial charge in [0.15, 0.2) is 0 Å². The van der Waals surface area contributed by atoms with Crippen molar-refractivity contribution >= 4 is 5.97 Å². The van der Waals surface area contributed by atoms with Gasteiger partial charge in [0.25, 0.3) is 0 Å². The molecule has 0 aromatic heterocycles. The molecule has 0 spiro atoms. The Morgan fingerprint density at radius 3 is 2.54 bits per heavy atom. The number of hydrogen-bond acceptors (Lipinski definition) is 3. The standard InChI is InChI=1S/C9H16O4/c1-7(2)13-5-4-12-6-8(3)9(10)11/h7H,3-6H2,1-2H3,(H,10,11). The van der Waals surface area contributed by atoms with Crippen LogP contribution in [-0.4, -0.2) is 37.0 Å². The van der Waals surface area contributed by atoms with Gasteiger partial charge in [0.2, 0.25) is 0 Å². The molecule has 0 radical (unpaired) electrons. The lowest BCUT2D eigenvalue weighted by Gasteiger charge is -2.07. The molecule has 0 fully saturated rings. The van der Waals surface area contributed by atoms with Crippen LogP contribution in [0.2, 0.25) is 0 Å². The molecular weight excluding hydrogens is 172 g/mol. The molecule has 0 bridgehead atoms. The summed E-state index contributed by atoms with van der Waals surface area (Å²) in [4.78, 5) is 10.3. The van der Waals surface area contributed by atoms with Crippen molar-refractivity contribution in [1.82, 2.24) is 0 Å². The minimum atomic E-state index is -1.02. The Kier molecular flexibility index (Phi) is 6.18. The van der Waals surface area contributed by atoms with E-state index in [4.69, 9.17) is 14.6 Å². The third-order valence-corrected chi connectivity index (χ3v) is 1.26. The monoisotopic (exact) mass is 188 g/mol. The lowest BCUT2D eigenvalue weighted by atomic mass is 10.3. The highest BCUT2D eigenvalue weighted by atomic mass is 16.5. The van der Waals surface area contributed by atoms with Gasteiger partial charge in [0.05, 0.1) is 31.5 Å². The highest BCUT2D eigenvalue weighted by molar-refractivity contribution is 5.85. The van der Waals surface area contributed by atoms with Crippen LogP contribution in [0, 0.1) is 0 Å². The minimum Gasteiger partial charge on any atom is -0.478 e. The smallest absolute Gasteiger partial charge is 0.333 e. The van der Waals surface area contributed by atoms with E-state index >= 15 is 0 Å². The summed E-state index contributed by atoms with van der Waals surface area (Å²) in [5.41, 5.74) is 0.0598. The average Bonchev–Trinajstić information content (AvgIpc) is 2.02. The fraction of sp³-hybridized carbons (Fsp3) is 0.667. The molecule has 0 aliphatic rings. The van der Waals surface area contributed by atoms with Crippen LogP contribution in [0.15, 0.2) is 12.2 Å². The molecule has 0 saturated heterocycles. The van der Waals surface area contributed by atoms with Gasteiger partial charge in [0, 0.05) is 0 Å². The van der Waals surface area contributed by atoms with E-state index in [9.17, 15) is 4.79 Å². The van der Waals surface area contributed by atoms with E-state index in [1.165, 1.54) is 0 Å². The van der Waals surface area contributed by atoms with Crippen molar-refractivity contribution < 1.29 is 19.4 Å². The van der Waals surface area contributed by atoms with Gasteiger partial charge in [-0.1, -0.05) is 6.58 Å². The van der Waals surface area contributed by atoms with Crippen LogP contribution >= 0.6 is 0 Å². The second-order valence-electron chi connectivity index (χ2n) is 2.88. The van der Waals surface area contributed by atoms with Crippen molar-refractivity contribution in [3.63, 3.8) is 0 Å². The van der Waals surface area contributed by atoms with Crippen molar-refractivity contribution in [3.05, 3.63) is 12.2 Å². The first-order valence-corrected chi connectivity index (χ1v) is 4.14. The van der Waals surface area contributed by atoms with Crippen molar-refractivity contribution in [2.45, 2.75) is 20.0 Å². The number of ether oxygens (including phenoxy) is 2. The highest BCUT2D eigenvalue weighted by Crippen LogP contribution is 1.92. The zero-order valence-corrected chi connectivity index (χ0v) is 8.08. The molecule has 0 atom stereocenters. The Morgan fingerprint density at radius 1 is 1.46 bits per heavy atom. The molecule has 4 heteroatoms. The lowest BCUT2D eigenvalue weighted by molar-refractivity contribution is -0.133. The van der Waals surface area contributed by atoms with E-state index in [-0.39, 0.29) is 18.3 Å². The molecule has 1 N–H and O–H groups in total. The van der Waals surface area contributed by atoms with Gasteiger partial charge >= 0.3 is 5.97 Å². The largest absolute Gasteiger partial charge is 0.478 e. The first-order valence-electron chi connectivity index (χ1n) is 4.14. The Bertz CT molecular complexity index is 174. The summed E-state index contributed by atoms with van der Waals surface area (Å²) in [6.45, 7) is 8.10. The number of carboxylic acid groups (broad SMARTS) is 1. The number of hydrogen-bond donors (Lipinski definition) is 1. The maximum absolute atomic E-state index is 10.3. The number of aliphatic carboxylic acids is 1. The summed E-state index contributed by atoms with van der Waals surface area (Å²) >= 11 is 0. The van der Waals surface area contributed by atoms with Crippen molar-refractivity contribution in [1.29, 1.82) is 0 Å². The summed E-state index contributed by atoms with van der Waals surface area (Å²) in [5.74, 6) is -1.02. The van der Waals surface area contributed by atoms with E-state index in [2.05, 4.69) is 6.58 Å². The van der Waals surface area contributed by atoms with Crippen molar-refractivity contribution in [2.24, 2.45) is 0 Å². The minimum absolute atomic E-state index is 0.0524. The Hall–Kier alpha value is -0.870. The van der Waals surface area contributed by atoms with Crippen LogP contribution in [0.4, 0.5) is 0 Å². The molecule has 0 amide bonds. The maximum Gasteiger partial charge on any atom is 0.333 e. The molecule has 0 aliphatic heterocycles. The summed E-state index contributed by atoms with van der Waals surface area (Å²) < 4.78 is 10.2. The average molecular weight is 188 g/mol.